The second-order valence-electron chi connectivity index (χ2n) is 6.91. The molecule has 2 N–H and O–H groups in total. The second-order valence-corrected chi connectivity index (χ2v) is 6.91. The lowest BCUT2D eigenvalue weighted by Gasteiger charge is -2.43. The Morgan fingerprint density at radius 1 is 1.33 bits per heavy atom. The Morgan fingerprint density at radius 3 is 2.71 bits per heavy atom. The van der Waals surface area contributed by atoms with Crippen LogP contribution in [-0.4, -0.2) is 53.2 Å². The van der Waals surface area contributed by atoms with Crippen LogP contribution in [0, 0.1) is 5.92 Å². The van der Waals surface area contributed by atoms with Crippen LogP contribution in [0.4, 0.5) is 0 Å². The Kier molecular flexibility index (Phi) is 4.30. The van der Waals surface area contributed by atoms with Crippen molar-refractivity contribution in [3.63, 3.8) is 0 Å². The zero-order valence-electron chi connectivity index (χ0n) is 14.2. The van der Waals surface area contributed by atoms with Crippen molar-refractivity contribution in [3.8, 4) is 0 Å². The number of likely N-dealkylation sites (tertiary alicyclic amines) is 1. The maximum Gasteiger partial charge on any atom is 0.253 e. The standard InChI is InChI=1S/C18H24N4O2/c1-18(11-15(23)21(2)17(19)20-18)14-9-6-10-22(12-14)16(24)13-7-4-3-5-8-13/h3-5,7-8,14H,6,9-12H2,1-2H3,(H2,19,20)/t14?,18-/m0/s1. The van der Waals surface area contributed by atoms with Gasteiger partial charge in [-0.15, -0.1) is 0 Å². The maximum absolute atomic E-state index is 12.7. The Hall–Kier alpha value is -2.37. The van der Waals surface area contributed by atoms with Gasteiger partial charge in [-0.25, -0.2) is 4.99 Å². The summed E-state index contributed by atoms with van der Waals surface area (Å²) in [6, 6.07) is 9.32. The van der Waals surface area contributed by atoms with E-state index < -0.39 is 5.54 Å². The van der Waals surface area contributed by atoms with E-state index in [1.165, 1.54) is 4.90 Å². The molecular weight excluding hydrogens is 304 g/mol. The first-order valence-corrected chi connectivity index (χ1v) is 8.37. The molecule has 0 spiro atoms. The smallest absolute Gasteiger partial charge is 0.253 e. The molecule has 0 aliphatic carbocycles. The number of hydrogen-bond acceptors (Lipinski definition) is 4. The predicted molar refractivity (Wildman–Crippen MR) is 92.5 cm³/mol. The van der Waals surface area contributed by atoms with Crippen LogP contribution in [0.25, 0.3) is 0 Å². The van der Waals surface area contributed by atoms with E-state index >= 15 is 0 Å². The third kappa shape index (κ3) is 3.00. The highest BCUT2D eigenvalue weighted by Crippen LogP contribution is 2.35. The molecule has 2 aliphatic rings. The maximum atomic E-state index is 12.7. The van der Waals surface area contributed by atoms with Crippen molar-refractivity contribution in [3.05, 3.63) is 35.9 Å². The van der Waals surface area contributed by atoms with E-state index in [-0.39, 0.29) is 23.7 Å². The van der Waals surface area contributed by atoms with Crippen LogP contribution in [-0.2, 0) is 4.79 Å². The average Bonchev–Trinajstić information content (AvgIpc) is 2.60. The summed E-state index contributed by atoms with van der Waals surface area (Å²) in [5.74, 6) is 0.423. The number of benzene rings is 1. The van der Waals surface area contributed by atoms with E-state index in [1.54, 1.807) is 7.05 Å². The number of rotatable bonds is 2. The van der Waals surface area contributed by atoms with Gasteiger partial charge in [0, 0.05) is 31.6 Å². The fraction of sp³-hybridized carbons (Fsp3) is 0.500. The highest BCUT2D eigenvalue weighted by molar-refractivity contribution is 5.98. The molecule has 2 atom stereocenters. The molecule has 1 saturated heterocycles. The lowest BCUT2D eigenvalue weighted by molar-refractivity contribution is -0.129. The van der Waals surface area contributed by atoms with Crippen LogP contribution in [0.2, 0.25) is 0 Å². The zero-order valence-corrected chi connectivity index (χ0v) is 14.2. The third-order valence-electron chi connectivity index (χ3n) is 5.21. The van der Waals surface area contributed by atoms with Crippen LogP contribution < -0.4 is 5.73 Å². The van der Waals surface area contributed by atoms with Crippen molar-refractivity contribution in [2.45, 2.75) is 31.7 Å². The number of amides is 2. The first-order chi connectivity index (χ1) is 11.4. The number of guanidine groups is 1. The summed E-state index contributed by atoms with van der Waals surface area (Å²) in [6.07, 6.45) is 2.20. The molecule has 128 valence electrons. The molecule has 1 unspecified atom stereocenters. The predicted octanol–water partition coefficient (Wildman–Crippen LogP) is 1.47. The minimum atomic E-state index is -0.538. The number of hydrogen-bond donors (Lipinski definition) is 1. The van der Waals surface area contributed by atoms with E-state index in [4.69, 9.17) is 5.73 Å². The second kappa shape index (κ2) is 6.26. The average molecular weight is 328 g/mol. The first-order valence-electron chi connectivity index (χ1n) is 8.37. The Bertz CT molecular complexity index is 673. The molecule has 2 heterocycles. The molecule has 2 aliphatic heterocycles. The Balaban J connectivity index is 1.79. The molecule has 6 heteroatoms. The van der Waals surface area contributed by atoms with E-state index in [2.05, 4.69) is 4.99 Å². The molecule has 2 amide bonds. The summed E-state index contributed by atoms with van der Waals surface area (Å²) in [5, 5.41) is 0. The van der Waals surface area contributed by atoms with Gasteiger partial charge in [0.15, 0.2) is 5.96 Å². The van der Waals surface area contributed by atoms with Crippen molar-refractivity contribution in [1.82, 2.24) is 9.80 Å². The highest BCUT2D eigenvalue weighted by atomic mass is 16.2. The summed E-state index contributed by atoms with van der Waals surface area (Å²) in [6.45, 7) is 3.33. The Labute approximate surface area is 142 Å². The topological polar surface area (TPSA) is 79.0 Å². The van der Waals surface area contributed by atoms with Gasteiger partial charge in [0.1, 0.15) is 0 Å². The summed E-state index contributed by atoms with van der Waals surface area (Å²) in [4.78, 5) is 32.8. The first kappa shape index (κ1) is 16.5. The van der Waals surface area contributed by atoms with E-state index in [9.17, 15) is 9.59 Å². The number of carbonyl (C=O) groups excluding carboxylic acids is 2. The van der Waals surface area contributed by atoms with Crippen LogP contribution in [0.5, 0.6) is 0 Å². The van der Waals surface area contributed by atoms with Crippen molar-refractivity contribution in [2.75, 3.05) is 20.1 Å². The molecule has 1 aromatic carbocycles. The molecular formula is C18H24N4O2. The van der Waals surface area contributed by atoms with Gasteiger partial charge in [-0.05, 0) is 31.9 Å². The van der Waals surface area contributed by atoms with Crippen LogP contribution >= 0.6 is 0 Å². The molecule has 0 saturated carbocycles. The van der Waals surface area contributed by atoms with Gasteiger partial charge in [-0.3, -0.25) is 14.5 Å². The summed E-state index contributed by atoms with van der Waals surface area (Å²) < 4.78 is 0. The van der Waals surface area contributed by atoms with Crippen molar-refractivity contribution in [2.24, 2.45) is 16.6 Å². The molecule has 6 nitrogen and oxygen atoms in total. The summed E-state index contributed by atoms with van der Waals surface area (Å²) >= 11 is 0. The van der Waals surface area contributed by atoms with Gasteiger partial charge in [-0.2, -0.15) is 0 Å². The zero-order chi connectivity index (χ0) is 17.3. The molecule has 3 rings (SSSR count). The van der Waals surface area contributed by atoms with Crippen LogP contribution in [0.3, 0.4) is 0 Å². The summed E-state index contributed by atoms with van der Waals surface area (Å²) in [5.41, 5.74) is 6.07. The van der Waals surface area contributed by atoms with E-state index in [0.717, 1.165) is 19.4 Å². The fourth-order valence-electron chi connectivity index (χ4n) is 3.60. The van der Waals surface area contributed by atoms with Crippen LogP contribution in [0.15, 0.2) is 35.3 Å². The number of nitrogens with two attached hydrogens (primary N) is 1. The molecule has 0 aromatic heterocycles. The van der Waals surface area contributed by atoms with Crippen molar-refractivity contribution in [1.29, 1.82) is 0 Å². The summed E-state index contributed by atoms with van der Waals surface area (Å²) in [7, 11) is 1.65. The largest absolute Gasteiger partial charge is 0.369 e. The molecule has 0 bridgehead atoms. The number of carbonyl (C=O) groups is 2. The lowest BCUT2D eigenvalue weighted by atomic mass is 9.77. The van der Waals surface area contributed by atoms with E-state index in [1.807, 2.05) is 42.2 Å². The highest BCUT2D eigenvalue weighted by Gasteiger charge is 2.43. The normalized spacial score (nSPS) is 27.8. The number of nitrogens with zero attached hydrogens (tertiary/aromatic N) is 3. The van der Waals surface area contributed by atoms with Gasteiger partial charge in [0.05, 0.1) is 12.0 Å². The van der Waals surface area contributed by atoms with Gasteiger partial charge < -0.3 is 10.6 Å². The monoisotopic (exact) mass is 328 g/mol. The molecule has 1 fully saturated rings. The van der Waals surface area contributed by atoms with Gasteiger partial charge in [-0.1, -0.05) is 18.2 Å². The molecule has 24 heavy (non-hydrogen) atoms. The van der Waals surface area contributed by atoms with Crippen molar-refractivity contribution < 1.29 is 9.59 Å². The fourth-order valence-corrected chi connectivity index (χ4v) is 3.60. The number of piperidine rings is 1. The minimum absolute atomic E-state index is 0.0171. The SMILES string of the molecule is CN1C(=O)C[C@@](C)(C2CCCN(C(=O)c3ccccc3)C2)N=C1N. The molecule has 0 radical (unpaired) electrons. The Morgan fingerprint density at radius 2 is 2.04 bits per heavy atom. The lowest BCUT2D eigenvalue weighted by Crippen LogP contribution is -2.54. The van der Waals surface area contributed by atoms with Crippen LogP contribution in [0.1, 0.15) is 36.5 Å². The quantitative estimate of drug-likeness (QED) is 0.893. The minimum Gasteiger partial charge on any atom is -0.369 e. The molecule has 1 aromatic rings. The van der Waals surface area contributed by atoms with E-state index in [0.29, 0.717) is 18.5 Å². The van der Waals surface area contributed by atoms with Gasteiger partial charge in [0.2, 0.25) is 5.91 Å². The van der Waals surface area contributed by atoms with Gasteiger partial charge in [0.25, 0.3) is 5.91 Å². The number of aliphatic imine (C=N–C) groups is 1. The third-order valence-corrected chi connectivity index (χ3v) is 5.21. The van der Waals surface area contributed by atoms with Gasteiger partial charge >= 0.3 is 0 Å². The van der Waals surface area contributed by atoms with Crippen molar-refractivity contribution >= 4 is 17.8 Å².